The molecule has 0 fully saturated rings. The third-order valence-corrected chi connectivity index (χ3v) is 2.53. The van der Waals surface area contributed by atoms with E-state index < -0.39 is 6.10 Å². The van der Waals surface area contributed by atoms with Crippen LogP contribution in [0.4, 0.5) is 0 Å². The molecule has 0 saturated heterocycles. The van der Waals surface area contributed by atoms with E-state index in [0.717, 1.165) is 5.56 Å². The van der Waals surface area contributed by atoms with Crippen LogP contribution in [-0.2, 0) is 0 Å². The number of hydrogen-bond acceptors (Lipinski definition) is 2. The Kier molecular flexibility index (Phi) is 4.11. The molecule has 0 bridgehead atoms. The SMILES string of the molecule is CN[C@H](C(C)C)[C@@H](O)c1ccccc1. The van der Waals surface area contributed by atoms with Crippen LogP contribution >= 0.6 is 0 Å². The van der Waals surface area contributed by atoms with Gasteiger partial charge in [-0.3, -0.25) is 0 Å². The Hall–Kier alpha value is -0.860. The van der Waals surface area contributed by atoms with Crippen LogP contribution < -0.4 is 5.32 Å². The molecule has 0 aliphatic carbocycles. The van der Waals surface area contributed by atoms with Gasteiger partial charge in [-0.15, -0.1) is 0 Å². The van der Waals surface area contributed by atoms with E-state index in [1.807, 2.05) is 37.4 Å². The summed E-state index contributed by atoms with van der Waals surface area (Å²) in [4.78, 5) is 0. The van der Waals surface area contributed by atoms with Gasteiger partial charge in [0.2, 0.25) is 0 Å². The molecule has 78 valence electrons. The normalized spacial score (nSPS) is 15.5. The van der Waals surface area contributed by atoms with Gasteiger partial charge < -0.3 is 10.4 Å². The highest BCUT2D eigenvalue weighted by Gasteiger charge is 2.21. The lowest BCUT2D eigenvalue weighted by Gasteiger charge is -2.26. The fourth-order valence-electron chi connectivity index (χ4n) is 1.71. The van der Waals surface area contributed by atoms with Crippen LogP contribution in [0.2, 0.25) is 0 Å². The number of benzene rings is 1. The lowest BCUT2D eigenvalue weighted by Crippen LogP contribution is -2.36. The van der Waals surface area contributed by atoms with Crippen molar-refractivity contribution in [1.29, 1.82) is 0 Å². The maximum Gasteiger partial charge on any atom is 0.0945 e. The first-order chi connectivity index (χ1) is 6.66. The summed E-state index contributed by atoms with van der Waals surface area (Å²) < 4.78 is 0. The molecule has 0 aliphatic rings. The first-order valence-corrected chi connectivity index (χ1v) is 5.07. The van der Waals surface area contributed by atoms with Crippen molar-refractivity contribution in [2.45, 2.75) is 26.0 Å². The second kappa shape index (κ2) is 5.13. The monoisotopic (exact) mass is 193 g/mol. The average Bonchev–Trinajstić information content (AvgIpc) is 2.19. The van der Waals surface area contributed by atoms with Gasteiger partial charge in [-0.05, 0) is 18.5 Å². The van der Waals surface area contributed by atoms with Gasteiger partial charge in [-0.2, -0.15) is 0 Å². The van der Waals surface area contributed by atoms with Crippen LogP contribution in [0.25, 0.3) is 0 Å². The Morgan fingerprint density at radius 3 is 2.14 bits per heavy atom. The number of aliphatic hydroxyl groups excluding tert-OH is 1. The molecule has 0 saturated carbocycles. The van der Waals surface area contributed by atoms with Crippen molar-refractivity contribution in [3.8, 4) is 0 Å². The number of nitrogens with one attached hydrogen (secondary N) is 1. The average molecular weight is 193 g/mol. The second-order valence-corrected chi connectivity index (χ2v) is 3.91. The summed E-state index contributed by atoms with van der Waals surface area (Å²) in [5, 5.41) is 13.2. The molecule has 0 amide bonds. The number of hydrogen-bond donors (Lipinski definition) is 2. The fraction of sp³-hybridized carbons (Fsp3) is 0.500. The van der Waals surface area contributed by atoms with E-state index in [9.17, 15) is 5.11 Å². The van der Waals surface area contributed by atoms with Gasteiger partial charge >= 0.3 is 0 Å². The van der Waals surface area contributed by atoms with Gasteiger partial charge in [0.15, 0.2) is 0 Å². The van der Waals surface area contributed by atoms with Crippen molar-refractivity contribution in [1.82, 2.24) is 5.32 Å². The summed E-state index contributed by atoms with van der Waals surface area (Å²) in [6.07, 6.45) is -0.429. The molecule has 0 aromatic heterocycles. The zero-order valence-corrected chi connectivity index (χ0v) is 9.07. The number of rotatable bonds is 4. The Labute approximate surface area is 86.0 Å². The largest absolute Gasteiger partial charge is 0.387 e. The molecule has 1 aromatic rings. The minimum atomic E-state index is -0.429. The number of aliphatic hydroxyl groups is 1. The summed E-state index contributed by atoms with van der Waals surface area (Å²) in [6, 6.07) is 9.88. The lowest BCUT2D eigenvalue weighted by atomic mass is 9.94. The Morgan fingerprint density at radius 2 is 1.71 bits per heavy atom. The standard InChI is InChI=1S/C12H19NO/c1-9(2)11(13-3)12(14)10-7-5-4-6-8-10/h4-9,11-14H,1-3H3/t11-,12+/m1/s1. The molecule has 2 heteroatoms. The summed E-state index contributed by atoms with van der Waals surface area (Å²) in [5.74, 6) is 0.412. The number of likely N-dealkylation sites (N-methyl/N-ethyl adjacent to an activating group) is 1. The molecule has 0 unspecified atom stereocenters. The van der Waals surface area contributed by atoms with E-state index in [2.05, 4.69) is 19.2 Å². The molecule has 2 N–H and O–H groups in total. The zero-order chi connectivity index (χ0) is 10.6. The zero-order valence-electron chi connectivity index (χ0n) is 9.07. The highest BCUT2D eigenvalue weighted by molar-refractivity contribution is 5.18. The van der Waals surface area contributed by atoms with Crippen LogP contribution in [0.1, 0.15) is 25.5 Å². The predicted molar refractivity (Wildman–Crippen MR) is 59.1 cm³/mol. The van der Waals surface area contributed by atoms with E-state index >= 15 is 0 Å². The van der Waals surface area contributed by atoms with Crippen LogP contribution in [-0.4, -0.2) is 18.2 Å². The molecule has 0 heterocycles. The van der Waals surface area contributed by atoms with Gasteiger partial charge in [0.05, 0.1) is 6.10 Å². The summed E-state index contributed by atoms with van der Waals surface area (Å²) in [6.45, 7) is 4.21. The fourth-order valence-corrected chi connectivity index (χ4v) is 1.71. The van der Waals surface area contributed by atoms with Gasteiger partial charge in [-0.25, -0.2) is 0 Å². The third kappa shape index (κ3) is 2.56. The first-order valence-electron chi connectivity index (χ1n) is 5.07. The summed E-state index contributed by atoms with van der Waals surface area (Å²) >= 11 is 0. The molecule has 0 radical (unpaired) electrons. The topological polar surface area (TPSA) is 32.3 Å². The highest BCUT2D eigenvalue weighted by Crippen LogP contribution is 2.20. The molecule has 0 spiro atoms. The van der Waals surface area contributed by atoms with Crippen molar-refractivity contribution in [3.05, 3.63) is 35.9 Å². The highest BCUT2D eigenvalue weighted by atomic mass is 16.3. The summed E-state index contributed by atoms with van der Waals surface area (Å²) in [7, 11) is 1.89. The van der Waals surface area contributed by atoms with Crippen molar-refractivity contribution >= 4 is 0 Å². The van der Waals surface area contributed by atoms with Crippen molar-refractivity contribution < 1.29 is 5.11 Å². The van der Waals surface area contributed by atoms with Crippen molar-refractivity contribution in [2.75, 3.05) is 7.05 Å². The van der Waals surface area contributed by atoms with Gasteiger partial charge in [0, 0.05) is 6.04 Å². The molecule has 2 nitrogen and oxygen atoms in total. The maximum atomic E-state index is 10.1. The lowest BCUT2D eigenvalue weighted by molar-refractivity contribution is 0.110. The minimum absolute atomic E-state index is 0.109. The molecular weight excluding hydrogens is 174 g/mol. The minimum Gasteiger partial charge on any atom is -0.387 e. The molecule has 2 atom stereocenters. The first kappa shape index (κ1) is 11.2. The van der Waals surface area contributed by atoms with E-state index in [1.165, 1.54) is 0 Å². The molecule has 1 aromatic carbocycles. The Balaban J connectivity index is 2.78. The molecule has 1 rings (SSSR count). The van der Waals surface area contributed by atoms with Crippen molar-refractivity contribution in [2.24, 2.45) is 5.92 Å². The van der Waals surface area contributed by atoms with Crippen molar-refractivity contribution in [3.63, 3.8) is 0 Å². The van der Waals surface area contributed by atoms with Gasteiger partial charge in [0.1, 0.15) is 0 Å². The Bertz CT molecular complexity index is 258. The molecule has 14 heavy (non-hydrogen) atoms. The van der Waals surface area contributed by atoms with Crippen LogP contribution in [0.15, 0.2) is 30.3 Å². The van der Waals surface area contributed by atoms with Crippen LogP contribution in [0, 0.1) is 5.92 Å². The van der Waals surface area contributed by atoms with Gasteiger partial charge in [-0.1, -0.05) is 44.2 Å². The molecule has 0 aliphatic heterocycles. The maximum absolute atomic E-state index is 10.1. The van der Waals surface area contributed by atoms with E-state index in [1.54, 1.807) is 0 Å². The predicted octanol–water partition coefficient (Wildman–Crippen LogP) is 1.96. The quantitative estimate of drug-likeness (QED) is 0.766. The van der Waals surface area contributed by atoms with Crippen LogP contribution in [0.5, 0.6) is 0 Å². The molecular formula is C12H19NO. The van der Waals surface area contributed by atoms with E-state index in [4.69, 9.17) is 0 Å². The van der Waals surface area contributed by atoms with Gasteiger partial charge in [0.25, 0.3) is 0 Å². The second-order valence-electron chi connectivity index (χ2n) is 3.91. The van der Waals surface area contributed by atoms with Crippen LogP contribution in [0.3, 0.4) is 0 Å². The van der Waals surface area contributed by atoms with E-state index in [-0.39, 0.29) is 6.04 Å². The van der Waals surface area contributed by atoms with E-state index in [0.29, 0.717) is 5.92 Å². The third-order valence-electron chi connectivity index (χ3n) is 2.53. The summed E-state index contributed by atoms with van der Waals surface area (Å²) in [5.41, 5.74) is 0.973. The Morgan fingerprint density at radius 1 is 1.14 bits per heavy atom. The smallest absolute Gasteiger partial charge is 0.0945 e.